The van der Waals surface area contributed by atoms with Crippen LogP contribution in [0.2, 0.25) is 0 Å². The van der Waals surface area contributed by atoms with Gasteiger partial charge in [-0.15, -0.1) is 0 Å². The molecule has 144 valence electrons. The van der Waals surface area contributed by atoms with Gasteiger partial charge >= 0.3 is 6.09 Å². The molecule has 0 N–H and O–H groups in total. The van der Waals surface area contributed by atoms with Crippen molar-refractivity contribution < 1.29 is 22.1 Å². The van der Waals surface area contributed by atoms with Crippen LogP contribution in [0.4, 0.5) is 4.79 Å². The molecule has 8 heteroatoms. The van der Waals surface area contributed by atoms with Crippen LogP contribution in [-0.4, -0.2) is 32.2 Å². The number of carbonyl (C=O) groups excluding carboxylic acids is 1. The number of carbonyl (C=O) groups is 1. The van der Waals surface area contributed by atoms with E-state index in [1.165, 1.54) is 0 Å². The maximum atomic E-state index is 12.8. The Morgan fingerprint density at radius 2 is 1.78 bits per heavy atom. The highest BCUT2D eigenvalue weighted by molar-refractivity contribution is 9.10. The van der Waals surface area contributed by atoms with Crippen molar-refractivity contribution in [3.63, 3.8) is 0 Å². The van der Waals surface area contributed by atoms with Gasteiger partial charge in [0.1, 0.15) is 0 Å². The van der Waals surface area contributed by atoms with E-state index in [0.29, 0.717) is 12.1 Å². The van der Waals surface area contributed by atoms with E-state index in [1.54, 1.807) is 35.2 Å². The molecule has 1 amide bonds. The van der Waals surface area contributed by atoms with Gasteiger partial charge in [0.15, 0.2) is 0 Å². The van der Waals surface area contributed by atoms with Crippen molar-refractivity contribution in [2.24, 2.45) is 0 Å². The molecule has 1 aliphatic rings. The van der Waals surface area contributed by atoms with Crippen molar-refractivity contribution in [1.29, 1.82) is 0 Å². The Balaban J connectivity index is 1.88. The van der Waals surface area contributed by atoms with Gasteiger partial charge in [0.2, 0.25) is 0 Å². The average molecular weight is 454 g/mol. The maximum Gasteiger partial charge on any atom is 0.413 e. The smallest absolute Gasteiger partial charge is 0.411 e. The van der Waals surface area contributed by atoms with Crippen molar-refractivity contribution in [2.45, 2.75) is 25.2 Å². The van der Waals surface area contributed by atoms with Crippen LogP contribution in [0.5, 0.6) is 0 Å². The molecule has 2 aromatic rings. The molecule has 1 saturated heterocycles. The average Bonchev–Trinajstić information content (AvgIpc) is 2.61. The zero-order valence-electron chi connectivity index (χ0n) is 15.0. The predicted octanol–water partition coefficient (Wildman–Crippen LogP) is 4.18. The summed E-state index contributed by atoms with van der Waals surface area (Å²) < 4.78 is 35.5. The summed E-state index contributed by atoms with van der Waals surface area (Å²) in [5, 5.41) is 0. The first-order valence-corrected chi connectivity index (χ1v) is 11.0. The van der Waals surface area contributed by atoms with Gasteiger partial charge in [-0.1, -0.05) is 58.4 Å². The summed E-state index contributed by atoms with van der Waals surface area (Å²) in [6.07, 6.45) is 0.517. The van der Waals surface area contributed by atoms with Gasteiger partial charge in [-0.05, 0) is 24.6 Å². The highest BCUT2D eigenvalue weighted by Gasteiger charge is 2.47. The number of halogens is 1. The third-order valence-electron chi connectivity index (χ3n) is 4.49. The van der Waals surface area contributed by atoms with E-state index in [2.05, 4.69) is 15.9 Å². The minimum atomic E-state index is -3.85. The summed E-state index contributed by atoms with van der Waals surface area (Å²) in [6, 6.07) is 16.1. The second-order valence-corrected chi connectivity index (χ2v) is 8.94. The number of nitrogens with zero attached hydrogens (tertiary/aromatic N) is 1. The Morgan fingerprint density at radius 3 is 2.33 bits per heavy atom. The van der Waals surface area contributed by atoms with Crippen LogP contribution < -0.4 is 0 Å². The molecule has 0 bridgehead atoms. The molecule has 1 fully saturated rings. The number of benzene rings is 2. The normalized spacial score (nSPS) is 21.6. The van der Waals surface area contributed by atoms with Gasteiger partial charge in [-0.25, -0.2) is 8.98 Å². The Labute approximate surface area is 167 Å². The summed E-state index contributed by atoms with van der Waals surface area (Å²) in [4.78, 5) is 14.3. The standard InChI is InChI=1S/C19H20BrNO5S/c1-14(15-8-10-17(20)11-9-15)21-13-12-19(25-18(21)22,26-27(2,23)24)16-6-4-3-5-7-16/h3-11,14H,12-13H2,1-2H3/t14-,19+/m0/s1. The molecule has 2 aromatic carbocycles. The van der Waals surface area contributed by atoms with Crippen LogP contribution in [0.3, 0.4) is 0 Å². The Hall–Kier alpha value is -1.90. The van der Waals surface area contributed by atoms with E-state index in [1.807, 2.05) is 31.2 Å². The fraction of sp³-hybridized carbons (Fsp3) is 0.316. The van der Waals surface area contributed by atoms with Crippen LogP contribution >= 0.6 is 15.9 Å². The summed E-state index contributed by atoms with van der Waals surface area (Å²) in [5.74, 6) is -1.65. The minimum absolute atomic E-state index is 0.191. The van der Waals surface area contributed by atoms with Crippen LogP contribution in [-0.2, 0) is 24.8 Å². The number of ether oxygens (including phenoxy) is 1. The van der Waals surface area contributed by atoms with E-state index < -0.39 is 22.0 Å². The zero-order chi connectivity index (χ0) is 19.7. The predicted molar refractivity (Wildman–Crippen MR) is 104 cm³/mol. The molecule has 3 rings (SSSR count). The molecule has 1 heterocycles. The van der Waals surface area contributed by atoms with Crippen molar-refractivity contribution in [3.05, 3.63) is 70.2 Å². The lowest BCUT2D eigenvalue weighted by Crippen LogP contribution is -2.50. The molecular weight excluding hydrogens is 434 g/mol. The Kier molecular flexibility index (Phi) is 5.60. The molecule has 1 aliphatic heterocycles. The second kappa shape index (κ2) is 7.61. The number of rotatable bonds is 5. The largest absolute Gasteiger partial charge is 0.413 e. The molecule has 0 aliphatic carbocycles. The van der Waals surface area contributed by atoms with Crippen molar-refractivity contribution in [3.8, 4) is 0 Å². The third-order valence-corrected chi connectivity index (χ3v) is 5.59. The fourth-order valence-corrected chi connectivity index (χ4v) is 4.10. The van der Waals surface area contributed by atoms with E-state index in [4.69, 9.17) is 8.92 Å². The molecule has 0 radical (unpaired) electrons. The highest BCUT2D eigenvalue weighted by atomic mass is 79.9. The van der Waals surface area contributed by atoms with Gasteiger partial charge in [-0.2, -0.15) is 8.42 Å². The van der Waals surface area contributed by atoms with Crippen LogP contribution in [0.1, 0.15) is 30.5 Å². The topological polar surface area (TPSA) is 72.9 Å². The molecule has 6 nitrogen and oxygen atoms in total. The van der Waals surface area contributed by atoms with Crippen molar-refractivity contribution >= 4 is 32.1 Å². The fourth-order valence-electron chi connectivity index (χ4n) is 3.13. The SMILES string of the molecule is C[C@@H](c1ccc(Br)cc1)N1CC[C@@](OS(C)(=O)=O)(c2ccccc2)OC1=O. The summed E-state index contributed by atoms with van der Waals surface area (Å²) in [6.45, 7) is 2.19. The number of hydrogen-bond donors (Lipinski definition) is 0. The van der Waals surface area contributed by atoms with Crippen molar-refractivity contribution in [2.75, 3.05) is 12.8 Å². The maximum absolute atomic E-state index is 12.8. The summed E-state index contributed by atoms with van der Waals surface area (Å²) >= 11 is 3.39. The molecule has 27 heavy (non-hydrogen) atoms. The van der Waals surface area contributed by atoms with Crippen LogP contribution in [0, 0.1) is 0 Å². The van der Waals surface area contributed by atoms with Gasteiger partial charge in [0, 0.05) is 23.0 Å². The van der Waals surface area contributed by atoms with Crippen LogP contribution in [0.25, 0.3) is 0 Å². The lowest BCUT2D eigenvalue weighted by Gasteiger charge is -2.42. The lowest BCUT2D eigenvalue weighted by molar-refractivity contribution is -0.180. The molecule has 0 spiro atoms. The quantitative estimate of drug-likeness (QED) is 0.634. The molecule has 2 atom stereocenters. The Morgan fingerprint density at radius 1 is 1.15 bits per heavy atom. The van der Waals surface area contributed by atoms with Gasteiger partial charge in [0.05, 0.1) is 12.3 Å². The number of amides is 1. The first kappa shape index (κ1) is 19.9. The lowest BCUT2D eigenvalue weighted by atomic mass is 9.99. The van der Waals surface area contributed by atoms with Crippen LogP contribution in [0.15, 0.2) is 59.1 Å². The monoisotopic (exact) mass is 453 g/mol. The molecular formula is C19H20BrNO5S. The van der Waals surface area contributed by atoms with Gasteiger partial charge in [0.25, 0.3) is 15.9 Å². The van der Waals surface area contributed by atoms with E-state index in [0.717, 1.165) is 16.3 Å². The van der Waals surface area contributed by atoms with Gasteiger partial charge < -0.3 is 9.64 Å². The molecule has 0 aromatic heterocycles. The van der Waals surface area contributed by atoms with E-state index in [-0.39, 0.29) is 12.5 Å². The third kappa shape index (κ3) is 4.51. The highest BCUT2D eigenvalue weighted by Crippen LogP contribution is 2.39. The van der Waals surface area contributed by atoms with Gasteiger partial charge in [-0.3, -0.25) is 0 Å². The van der Waals surface area contributed by atoms with E-state index >= 15 is 0 Å². The summed E-state index contributed by atoms with van der Waals surface area (Å²) in [5.41, 5.74) is 1.44. The van der Waals surface area contributed by atoms with Crippen molar-refractivity contribution in [1.82, 2.24) is 4.90 Å². The molecule has 0 unspecified atom stereocenters. The first-order valence-electron chi connectivity index (χ1n) is 8.41. The van der Waals surface area contributed by atoms with E-state index in [9.17, 15) is 13.2 Å². The minimum Gasteiger partial charge on any atom is -0.411 e. The zero-order valence-corrected chi connectivity index (χ0v) is 17.4. The second-order valence-electron chi connectivity index (χ2n) is 6.45. The number of hydrogen-bond acceptors (Lipinski definition) is 5. The Bertz CT molecular complexity index is 917. The number of cyclic esters (lactones) is 1. The first-order chi connectivity index (χ1) is 12.7. The molecule has 0 saturated carbocycles. The summed E-state index contributed by atoms with van der Waals surface area (Å²) in [7, 11) is -3.85.